The van der Waals surface area contributed by atoms with Crippen LogP contribution >= 0.6 is 0 Å². The maximum atomic E-state index is 5.77. The first-order valence-electron chi connectivity index (χ1n) is 6.62. The van der Waals surface area contributed by atoms with Gasteiger partial charge < -0.3 is 20.7 Å². The molecule has 1 aliphatic heterocycles. The third kappa shape index (κ3) is 2.57. The van der Waals surface area contributed by atoms with Gasteiger partial charge in [0.05, 0.1) is 25.1 Å². The van der Waals surface area contributed by atoms with E-state index in [-0.39, 0.29) is 0 Å². The van der Waals surface area contributed by atoms with Crippen LogP contribution in [-0.4, -0.2) is 43.4 Å². The number of ether oxygens (including phenoxy) is 1. The molecule has 1 aliphatic carbocycles. The molecule has 5 heteroatoms. The Morgan fingerprint density at radius 2 is 2.06 bits per heavy atom. The van der Waals surface area contributed by atoms with E-state index in [2.05, 4.69) is 27.3 Å². The molecule has 0 bridgehead atoms. The van der Waals surface area contributed by atoms with Gasteiger partial charge in [0.1, 0.15) is 5.82 Å². The second kappa shape index (κ2) is 5.12. The maximum Gasteiger partial charge on any atom is 0.128 e. The molecule has 18 heavy (non-hydrogen) atoms. The summed E-state index contributed by atoms with van der Waals surface area (Å²) >= 11 is 0. The van der Waals surface area contributed by atoms with E-state index in [1.807, 2.05) is 6.20 Å². The number of hydrogen-bond acceptors (Lipinski definition) is 5. The van der Waals surface area contributed by atoms with E-state index >= 15 is 0 Å². The molecule has 0 spiro atoms. The predicted molar refractivity (Wildman–Crippen MR) is 71.9 cm³/mol. The highest BCUT2D eigenvalue weighted by Gasteiger charge is 2.25. The molecule has 1 aromatic heterocycles. The maximum absolute atomic E-state index is 5.77. The highest BCUT2D eigenvalue weighted by Crippen LogP contribution is 2.23. The third-order valence-corrected chi connectivity index (χ3v) is 3.63. The van der Waals surface area contributed by atoms with E-state index in [9.17, 15) is 0 Å². The number of pyridine rings is 1. The molecule has 0 aromatic carbocycles. The molecule has 0 amide bonds. The topological polar surface area (TPSA) is 63.4 Å². The Hall–Kier alpha value is -1.33. The fraction of sp³-hybridized carbons (Fsp3) is 0.615. The summed E-state index contributed by atoms with van der Waals surface area (Å²) in [5, 5.41) is 3.45. The minimum atomic E-state index is 0.378. The van der Waals surface area contributed by atoms with Gasteiger partial charge in [0.2, 0.25) is 0 Å². The third-order valence-electron chi connectivity index (χ3n) is 3.63. The van der Waals surface area contributed by atoms with Crippen molar-refractivity contribution in [1.29, 1.82) is 0 Å². The Balaban J connectivity index is 1.58. The lowest BCUT2D eigenvalue weighted by molar-refractivity contribution is 0.122. The lowest BCUT2D eigenvalue weighted by Crippen LogP contribution is -2.44. The quantitative estimate of drug-likeness (QED) is 0.829. The highest BCUT2D eigenvalue weighted by molar-refractivity contribution is 5.49. The summed E-state index contributed by atoms with van der Waals surface area (Å²) < 4.78 is 5.34. The van der Waals surface area contributed by atoms with Crippen LogP contribution in [0.3, 0.4) is 0 Å². The average molecular weight is 248 g/mol. The molecular formula is C13H20N4O. The van der Waals surface area contributed by atoms with E-state index in [1.165, 1.54) is 0 Å². The van der Waals surface area contributed by atoms with Crippen molar-refractivity contribution in [3.05, 3.63) is 18.3 Å². The molecule has 1 saturated carbocycles. The molecule has 2 aliphatic rings. The second-order valence-electron chi connectivity index (χ2n) is 5.08. The van der Waals surface area contributed by atoms with Gasteiger partial charge in [-0.3, -0.25) is 0 Å². The van der Waals surface area contributed by atoms with Crippen LogP contribution in [0.1, 0.15) is 12.8 Å². The molecule has 5 nitrogen and oxygen atoms in total. The number of morpholine rings is 1. The van der Waals surface area contributed by atoms with Crippen LogP contribution in [0.5, 0.6) is 0 Å². The van der Waals surface area contributed by atoms with Crippen LogP contribution in [0.2, 0.25) is 0 Å². The molecule has 1 saturated heterocycles. The SMILES string of the molecule is NC1CC(Nc2ccc(N3CCOCC3)nc2)C1. The lowest BCUT2D eigenvalue weighted by Gasteiger charge is -2.34. The smallest absolute Gasteiger partial charge is 0.128 e. The summed E-state index contributed by atoms with van der Waals surface area (Å²) in [6.45, 7) is 3.44. The molecule has 3 rings (SSSR count). The van der Waals surface area contributed by atoms with Gasteiger partial charge >= 0.3 is 0 Å². The molecule has 0 radical (unpaired) electrons. The summed E-state index contributed by atoms with van der Waals surface area (Å²) in [4.78, 5) is 6.77. The lowest BCUT2D eigenvalue weighted by atomic mass is 9.87. The van der Waals surface area contributed by atoms with Crippen LogP contribution in [0, 0.1) is 0 Å². The molecule has 0 unspecified atom stereocenters. The minimum Gasteiger partial charge on any atom is -0.381 e. The van der Waals surface area contributed by atoms with E-state index in [4.69, 9.17) is 10.5 Å². The van der Waals surface area contributed by atoms with Crippen LogP contribution in [0.25, 0.3) is 0 Å². The monoisotopic (exact) mass is 248 g/mol. The van der Waals surface area contributed by atoms with Crippen molar-refractivity contribution in [2.75, 3.05) is 36.5 Å². The zero-order valence-electron chi connectivity index (χ0n) is 10.5. The summed E-state index contributed by atoms with van der Waals surface area (Å²) in [7, 11) is 0. The number of rotatable bonds is 3. The van der Waals surface area contributed by atoms with E-state index in [1.54, 1.807) is 0 Å². The van der Waals surface area contributed by atoms with Crippen molar-refractivity contribution in [3.63, 3.8) is 0 Å². The summed E-state index contributed by atoms with van der Waals surface area (Å²) in [5.41, 5.74) is 6.86. The van der Waals surface area contributed by atoms with Crippen molar-refractivity contribution in [2.24, 2.45) is 5.73 Å². The van der Waals surface area contributed by atoms with Crippen molar-refractivity contribution in [1.82, 2.24) is 4.98 Å². The number of anilines is 2. The van der Waals surface area contributed by atoms with Crippen molar-refractivity contribution < 1.29 is 4.74 Å². The number of nitrogens with two attached hydrogens (primary N) is 1. The number of aromatic nitrogens is 1. The Bertz CT molecular complexity index is 382. The van der Waals surface area contributed by atoms with Gasteiger partial charge in [-0.25, -0.2) is 4.98 Å². The van der Waals surface area contributed by atoms with Gasteiger partial charge in [-0.15, -0.1) is 0 Å². The summed E-state index contributed by atoms with van der Waals surface area (Å²) in [6.07, 6.45) is 4.03. The van der Waals surface area contributed by atoms with Gasteiger partial charge in [0.25, 0.3) is 0 Å². The Morgan fingerprint density at radius 3 is 2.67 bits per heavy atom. The molecule has 1 aromatic rings. The van der Waals surface area contributed by atoms with Crippen LogP contribution in [-0.2, 0) is 4.74 Å². The predicted octanol–water partition coefficient (Wildman–Crippen LogP) is 0.820. The number of nitrogens with one attached hydrogen (secondary N) is 1. The van der Waals surface area contributed by atoms with E-state index in [0.29, 0.717) is 12.1 Å². The van der Waals surface area contributed by atoms with Crippen molar-refractivity contribution >= 4 is 11.5 Å². The normalized spacial score (nSPS) is 27.7. The largest absolute Gasteiger partial charge is 0.381 e. The number of nitrogens with zero attached hydrogens (tertiary/aromatic N) is 2. The first-order valence-corrected chi connectivity index (χ1v) is 6.62. The van der Waals surface area contributed by atoms with Gasteiger partial charge in [-0.1, -0.05) is 0 Å². The van der Waals surface area contributed by atoms with Gasteiger partial charge in [0, 0.05) is 25.2 Å². The Morgan fingerprint density at radius 1 is 1.28 bits per heavy atom. The first-order chi connectivity index (χ1) is 8.81. The Labute approximate surface area is 107 Å². The fourth-order valence-corrected chi connectivity index (χ4v) is 2.47. The first kappa shape index (κ1) is 11.7. The van der Waals surface area contributed by atoms with E-state index < -0.39 is 0 Å². The van der Waals surface area contributed by atoms with Gasteiger partial charge in [-0.2, -0.15) is 0 Å². The molecular weight excluding hydrogens is 228 g/mol. The standard InChI is InChI=1S/C13H20N4O/c14-10-7-12(8-10)16-11-1-2-13(15-9-11)17-3-5-18-6-4-17/h1-2,9-10,12,16H,3-8,14H2. The van der Waals surface area contributed by atoms with Gasteiger partial charge in [-0.05, 0) is 25.0 Å². The van der Waals surface area contributed by atoms with Crippen molar-refractivity contribution in [2.45, 2.75) is 24.9 Å². The summed E-state index contributed by atoms with van der Waals surface area (Å²) in [6, 6.07) is 5.08. The zero-order chi connectivity index (χ0) is 12.4. The molecule has 2 heterocycles. The van der Waals surface area contributed by atoms with Crippen LogP contribution < -0.4 is 16.0 Å². The zero-order valence-corrected chi connectivity index (χ0v) is 10.5. The highest BCUT2D eigenvalue weighted by atomic mass is 16.5. The van der Waals surface area contributed by atoms with Crippen LogP contribution in [0.15, 0.2) is 18.3 Å². The summed E-state index contributed by atoms with van der Waals surface area (Å²) in [5.74, 6) is 1.04. The Kier molecular flexibility index (Phi) is 3.34. The van der Waals surface area contributed by atoms with E-state index in [0.717, 1.165) is 50.7 Å². The fourth-order valence-electron chi connectivity index (χ4n) is 2.47. The van der Waals surface area contributed by atoms with Crippen molar-refractivity contribution in [3.8, 4) is 0 Å². The average Bonchev–Trinajstić information content (AvgIpc) is 2.39. The molecule has 2 fully saturated rings. The number of hydrogen-bond donors (Lipinski definition) is 2. The van der Waals surface area contributed by atoms with Crippen LogP contribution in [0.4, 0.5) is 11.5 Å². The molecule has 0 atom stereocenters. The minimum absolute atomic E-state index is 0.378. The van der Waals surface area contributed by atoms with Gasteiger partial charge in [0.15, 0.2) is 0 Å². The second-order valence-corrected chi connectivity index (χ2v) is 5.08. The molecule has 3 N–H and O–H groups in total. The molecule has 98 valence electrons.